The molecule has 2 aromatic rings. The monoisotopic (exact) mass is 408 g/mol. The Kier molecular flexibility index (Phi) is 6.02. The van der Waals surface area contributed by atoms with E-state index in [2.05, 4.69) is 37.5 Å². The maximum atomic E-state index is 12.0. The van der Waals surface area contributed by atoms with Crippen LogP contribution >= 0.6 is 27.7 Å². The fourth-order valence-corrected chi connectivity index (χ4v) is 2.56. The summed E-state index contributed by atoms with van der Waals surface area (Å²) in [6, 6.07) is 9.63. The fourth-order valence-electron chi connectivity index (χ4n) is 1.73. The van der Waals surface area contributed by atoms with Crippen molar-refractivity contribution < 1.29 is 9.21 Å². The predicted molar refractivity (Wildman–Crippen MR) is 95.2 cm³/mol. The highest BCUT2D eigenvalue weighted by Crippen LogP contribution is 2.24. The van der Waals surface area contributed by atoms with Gasteiger partial charge in [-0.25, -0.2) is 0 Å². The van der Waals surface area contributed by atoms with E-state index in [-0.39, 0.29) is 17.6 Å². The summed E-state index contributed by atoms with van der Waals surface area (Å²) in [5.41, 5.74) is -0.0893. The van der Waals surface area contributed by atoms with Crippen LogP contribution in [0.2, 0.25) is 0 Å². The summed E-state index contributed by atoms with van der Waals surface area (Å²) in [7, 11) is 0. The molecular weight excluding hydrogens is 392 g/mol. The number of carbonyl (C=O) groups is 1. The molecule has 1 amide bonds. The number of rotatable bonds is 6. The van der Waals surface area contributed by atoms with Crippen molar-refractivity contribution in [2.75, 3.05) is 5.75 Å². The number of halogens is 1. The number of amides is 1. The van der Waals surface area contributed by atoms with Crippen LogP contribution in [0.4, 0.5) is 0 Å². The average Bonchev–Trinajstić information content (AvgIpc) is 3.02. The van der Waals surface area contributed by atoms with Crippen molar-refractivity contribution in [3.8, 4) is 17.5 Å². The molecule has 1 aromatic carbocycles. The summed E-state index contributed by atoms with van der Waals surface area (Å²) < 4.78 is 6.51. The number of benzene rings is 1. The van der Waals surface area contributed by atoms with Gasteiger partial charge in [-0.15, -0.1) is 10.2 Å². The molecule has 0 fully saturated rings. The highest BCUT2D eigenvalue weighted by molar-refractivity contribution is 9.10. The van der Waals surface area contributed by atoms with Crippen molar-refractivity contribution in [2.24, 2.45) is 5.92 Å². The molecular formula is C16H17BrN4O2S. The van der Waals surface area contributed by atoms with Crippen LogP contribution in [0.25, 0.3) is 11.5 Å². The van der Waals surface area contributed by atoms with Gasteiger partial charge in [0.2, 0.25) is 11.8 Å². The summed E-state index contributed by atoms with van der Waals surface area (Å²) in [4.78, 5) is 12.0. The van der Waals surface area contributed by atoms with Crippen molar-refractivity contribution in [3.63, 3.8) is 0 Å². The van der Waals surface area contributed by atoms with E-state index in [4.69, 9.17) is 4.42 Å². The van der Waals surface area contributed by atoms with Crippen LogP contribution in [0.5, 0.6) is 0 Å². The van der Waals surface area contributed by atoms with E-state index in [0.29, 0.717) is 11.1 Å². The molecule has 0 aliphatic carbocycles. The van der Waals surface area contributed by atoms with Crippen molar-refractivity contribution in [3.05, 3.63) is 28.7 Å². The van der Waals surface area contributed by atoms with Gasteiger partial charge in [-0.1, -0.05) is 41.5 Å². The maximum absolute atomic E-state index is 12.0. The molecule has 0 spiro atoms. The molecule has 0 saturated carbocycles. The van der Waals surface area contributed by atoms with Crippen molar-refractivity contribution >= 4 is 33.6 Å². The number of nitrogens with zero attached hydrogens (tertiary/aromatic N) is 3. The van der Waals surface area contributed by atoms with Crippen LogP contribution in [0, 0.1) is 17.2 Å². The molecule has 1 atom stereocenters. The SMILES string of the molecule is CC(C)[C@](C)(C#N)NC(=O)CSc1nnc(-c2ccc(Br)cc2)o1. The third-order valence-corrected chi connectivity index (χ3v) is 4.96. The Balaban J connectivity index is 1.95. The second-order valence-electron chi connectivity index (χ2n) is 5.69. The van der Waals surface area contributed by atoms with Gasteiger partial charge in [-0.3, -0.25) is 4.79 Å². The lowest BCUT2D eigenvalue weighted by Gasteiger charge is -2.27. The number of nitrogens with one attached hydrogen (secondary N) is 1. The Morgan fingerprint density at radius 1 is 1.42 bits per heavy atom. The van der Waals surface area contributed by atoms with Gasteiger partial charge in [-0.05, 0) is 37.1 Å². The Bertz CT molecular complexity index is 754. The van der Waals surface area contributed by atoms with E-state index < -0.39 is 5.54 Å². The average molecular weight is 409 g/mol. The summed E-state index contributed by atoms with van der Waals surface area (Å²) in [5, 5.41) is 20.2. The van der Waals surface area contributed by atoms with E-state index in [1.807, 2.05) is 38.1 Å². The highest BCUT2D eigenvalue weighted by Gasteiger charge is 2.30. The quantitative estimate of drug-likeness (QED) is 0.733. The summed E-state index contributed by atoms with van der Waals surface area (Å²) in [6.07, 6.45) is 0. The first-order valence-electron chi connectivity index (χ1n) is 7.28. The lowest BCUT2D eigenvalue weighted by atomic mass is 9.90. The minimum atomic E-state index is -0.894. The molecule has 2 rings (SSSR count). The van der Waals surface area contributed by atoms with Gasteiger partial charge < -0.3 is 9.73 Å². The molecule has 1 N–H and O–H groups in total. The minimum absolute atomic E-state index is 0.00358. The molecule has 1 heterocycles. The van der Waals surface area contributed by atoms with Gasteiger partial charge in [-0.2, -0.15) is 5.26 Å². The van der Waals surface area contributed by atoms with Gasteiger partial charge in [0.25, 0.3) is 5.22 Å². The van der Waals surface area contributed by atoms with Crippen LogP contribution in [0.1, 0.15) is 20.8 Å². The zero-order valence-electron chi connectivity index (χ0n) is 13.5. The third-order valence-electron chi connectivity index (χ3n) is 3.61. The third kappa shape index (κ3) is 4.58. The fraction of sp³-hybridized carbons (Fsp3) is 0.375. The largest absolute Gasteiger partial charge is 0.411 e. The Hall–Kier alpha value is -1.85. The maximum Gasteiger partial charge on any atom is 0.277 e. The molecule has 24 heavy (non-hydrogen) atoms. The zero-order valence-corrected chi connectivity index (χ0v) is 15.9. The summed E-state index contributed by atoms with van der Waals surface area (Å²) >= 11 is 4.50. The van der Waals surface area contributed by atoms with Crippen LogP contribution < -0.4 is 5.32 Å². The Morgan fingerprint density at radius 3 is 2.67 bits per heavy atom. The van der Waals surface area contributed by atoms with Crippen LogP contribution in [-0.4, -0.2) is 27.4 Å². The second-order valence-corrected chi connectivity index (χ2v) is 7.53. The topological polar surface area (TPSA) is 91.8 Å². The molecule has 0 aliphatic rings. The lowest BCUT2D eigenvalue weighted by molar-refractivity contribution is -0.120. The summed E-state index contributed by atoms with van der Waals surface area (Å²) in [5.74, 6) is 0.255. The molecule has 0 unspecified atom stereocenters. The normalized spacial score (nSPS) is 13.3. The van der Waals surface area contributed by atoms with E-state index >= 15 is 0 Å². The molecule has 0 bridgehead atoms. The second kappa shape index (κ2) is 7.81. The van der Waals surface area contributed by atoms with Gasteiger partial charge in [0.15, 0.2) is 0 Å². The molecule has 1 aromatic heterocycles. The van der Waals surface area contributed by atoms with Gasteiger partial charge in [0.05, 0.1) is 11.8 Å². The molecule has 8 heteroatoms. The molecule has 0 saturated heterocycles. The predicted octanol–water partition coefficient (Wildman–Crippen LogP) is 3.65. The van der Waals surface area contributed by atoms with E-state index in [0.717, 1.165) is 21.8 Å². The van der Waals surface area contributed by atoms with Crippen LogP contribution in [0.3, 0.4) is 0 Å². The Labute approximate surface area is 153 Å². The number of hydrogen-bond donors (Lipinski definition) is 1. The lowest BCUT2D eigenvalue weighted by Crippen LogP contribution is -2.49. The zero-order chi connectivity index (χ0) is 17.7. The molecule has 0 aliphatic heterocycles. The van der Waals surface area contributed by atoms with E-state index in [1.54, 1.807) is 6.92 Å². The van der Waals surface area contributed by atoms with Crippen molar-refractivity contribution in [2.45, 2.75) is 31.5 Å². The molecule has 6 nitrogen and oxygen atoms in total. The number of carbonyl (C=O) groups excluding carboxylic acids is 1. The molecule has 0 radical (unpaired) electrons. The Morgan fingerprint density at radius 2 is 2.08 bits per heavy atom. The molecule has 126 valence electrons. The van der Waals surface area contributed by atoms with Crippen LogP contribution in [0.15, 0.2) is 38.4 Å². The number of hydrogen-bond acceptors (Lipinski definition) is 6. The number of nitriles is 1. The van der Waals surface area contributed by atoms with Crippen molar-refractivity contribution in [1.29, 1.82) is 5.26 Å². The number of thioether (sulfide) groups is 1. The van der Waals surface area contributed by atoms with Gasteiger partial charge in [0, 0.05) is 10.0 Å². The standard InChI is InChI=1S/C16H17BrN4O2S/c1-10(2)16(3,9-18)19-13(22)8-24-15-21-20-14(23-15)11-4-6-12(17)7-5-11/h4-7,10H,8H2,1-3H3,(H,19,22)/t16-/m0/s1. The first kappa shape index (κ1) is 18.5. The first-order valence-corrected chi connectivity index (χ1v) is 9.06. The highest BCUT2D eigenvalue weighted by atomic mass is 79.9. The van der Waals surface area contributed by atoms with Crippen molar-refractivity contribution in [1.82, 2.24) is 15.5 Å². The first-order chi connectivity index (χ1) is 11.3. The van der Waals surface area contributed by atoms with E-state index in [1.165, 1.54) is 0 Å². The smallest absolute Gasteiger partial charge is 0.277 e. The van der Waals surface area contributed by atoms with Gasteiger partial charge in [0.1, 0.15) is 5.54 Å². The summed E-state index contributed by atoms with van der Waals surface area (Å²) in [6.45, 7) is 5.48. The van der Waals surface area contributed by atoms with E-state index in [9.17, 15) is 10.1 Å². The van der Waals surface area contributed by atoms with Gasteiger partial charge >= 0.3 is 0 Å². The minimum Gasteiger partial charge on any atom is -0.411 e. The van der Waals surface area contributed by atoms with Crippen LogP contribution in [-0.2, 0) is 4.79 Å². The number of aromatic nitrogens is 2.